The Kier molecular flexibility index (Phi) is 11.2. The van der Waals surface area contributed by atoms with E-state index < -0.39 is 0 Å². The summed E-state index contributed by atoms with van der Waals surface area (Å²) in [6.45, 7) is 6.15. The minimum Gasteiger partial charge on any atom is -0.342 e. The molecular weight excluding hydrogens is 750 g/mol. The van der Waals surface area contributed by atoms with Gasteiger partial charge >= 0.3 is 0 Å². The summed E-state index contributed by atoms with van der Waals surface area (Å²) < 4.78 is 1.19. The van der Waals surface area contributed by atoms with E-state index in [-0.39, 0.29) is 11.8 Å². The van der Waals surface area contributed by atoms with Gasteiger partial charge in [0.1, 0.15) is 0 Å². The Morgan fingerprint density at radius 2 is 1.13 bits per heavy atom. The SMILES string of the molecule is CC(=O)N1CCC(=C2c3ccc(Cl)cc3CCc3c(Cl)cc[n+](O)c32)CC1.CC(=O)N1CCC(=C2c3ccc(Cl)cc3CCc3c(Cl)ccnc32)CC1. The van der Waals surface area contributed by atoms with Crippen LogP contribution in [-0.4, -0.2) is 58.0 Å². The molecule has 1 N–H and O–H groups in total. The van der Waals surface area contributed by atoms with Gasteiger partial charge < -0.3 is 9.80 Å². The highest BCUT2D eigenvalue weighted by molar-refractivity contribution is 6.32. The van der Waals surface area contributed by atoms with Crippen LogP contribution in [0, 0.1) is 0 Å². The summed E-state index contributed by atoms with van der Waals surface area (Å²) in [6.07, 6.45) is 9.96. The number of carbonyl (C=O) groups is 2. The summed E-state index contributed by atoms with van der Waals surface area (Å²) in [5, 5.41) is 13.6. The minimum absolute atomic E-state index is 0.104. The minimum atomic E-state index is 0.104. The maximum Gasteiger partial charge on any atom is 0.269 e. The average Bonchev–Trinajstić information content (AvgIpc) is 3.42. The van der Waals surface area contributed by atoms with Gasteiger partial charge in [0.15, 0.2) is 0 Å². The van der Waals surface area contributed by atoms with Gasteiger partial charge in [0, 0.05) is 83.2 Å². The van der Waals surface area contributed by atoms with Crippen LogP contribution in [0.5, 0.6) is 0 Å². The molecule has 2 aliphatic heterocycles. The number of likely N-dealkylation sites (tertiary alicyclic amines) is 2. The zero-order chi connectivity index (χ0) is 37.4. The second-order valence-electron chi connectivity index (χ2n) is 14.0. The number of pyridine rings is 2. The van der Waals surface area contributed by atoms with Gasteiger partial charge in [0.2, 0.25) is 18.0 Å². The Bertz CT molecular complexity index is 2180. The summed E-state index contributed by atoms with van der Waals surface area (Å²) in [5.74, 6) is 0.247. The van der Waals surface area contributed by atoms with Crippen LogP contribution in [-0.2, 0) is 35.3 Å². The van der Waals surface area contributed by atoms with E-state index in [4.69, 9.17) is 51.4 Å². The van der Waals surface area contributed by atoms with Crippen molar-refractivity contribution in [3.8, 4) is 0 Å². The molecule has 8 rings (SSSR count). The third-order valence-corrected chi connectivity index (χ3v) is 12.1. The molecule has 2 aromatic carbocycles. The summed E-state index contributed by atoms with van der Waals surface area (Å²) in [6, 6.07) is 15.6. The fourth-order valence-corrected chi connectivity index (χ4v) is 9.06. The standard InChI is InChI=1S/C21H21Cl2N2O2.C21H20Cl2N2O/c1-13(26)24-9-6-14(7-10-24)20-17-5-3-16(22)12-15(17)2-4-18-19(23)8-11-25(27)21(18)20;1-13(26)25-10-7-14(8-11-25)20-17-5-3-16(22)12-15(17)2-4-18-19(23)6-9-24-21(18)20/h3,5,8,11-12,27H,2,4,6-7,9-10H2,1H3;3,5-6,9,12H,2,4,7-8,10-11H2,1H3/q+1;. The number of benzene rings is 2. The van der Waals surface area contributed by atoms with Crippen molar-refractivity contribution in [3.05, 3.63) is 137 Å². The number of fused-ring (bicyclic) bond motifs is 4. The number of amides is 2. The fourth-order valence-electron chi connectivity index (χ4n) is 8.19. The maximum atomic E-state index is 11.7. The van der Waals surface area contributed by atoms with Crippen molar-refractivity contribution < 1.29 is 19.5 Å². The van der Waals surface area contributed by atoms with Crippen LogP contribution in [0.15, 0.2) is 72.1 Å². The predicted octanol–water partition coefficient (Wildman–Crippen LogP) is 8.99. The molecule has 7 nitrogen and oxygen atoms in total. The molecule has 2 aromatic heterocycles. The first-order valence-corrected chi connectivity index (χ1v) is 19.6. The molecule has 0 radical (unpaired) electrons. The van der Waals surface area contributed by atoms with E-state index in [1.54, 1.807) is 32.3 Å². The fraction of sp³-hybridized carbons (Fsp3) is 0.333. The topological polar surface area (TPSA) is 77.6 Å². The Hall–Kier alpha value is -3.88. The largest absolute Gasteiger partial charge is 0.342 e. The third kappa shape index (κ3) is 7.72. The van der Waals surface area contributed by atoms with Gasteiger partial charge in [-0.15, -0.1) is 0 Å². The maximum absolute atomic E-state index is 11.7. The summed E-state index contributed by atoms with van der Waals surface area (Å²) in [7, 11) is 0. The van der Waals surface area contributed by atoms with E-state index >= 15 is 0 Å². The van der Waals surface area contributed by atoms with Crippen LogP contribution in [0.25, 0.3) is 11.1 Å². The van der Waals surface area contributed by atoms with Gasteiger partial charge in [-0.25, -0.2) is 0 Å². The Labute approximate surface area is 330 Å². The molecule has 0 spiro atoms. The van der Waals surface area contributed by atoms with Crippen molar-refractivity contribution in [1.29, 1.82) is 0 Å². The van der Waals surface area contributed by atoms with Crippen LogP contribution >= 0.6 is 46.4 Å². The first-order valence-electron chi connectivity index (χ1n) is 18.1. The van der Waals surface area contributed by atoms with Gasteiger partial charge in [-0.2, -0.15) is 0 Å². The number of hydrogen-bond acceptors (Lipinski definition) is 4. The molecule has 4 heterocycles. The molecule has 53 heavy (non-hydrogen) atoms. The molecule has 4 aromatic rings. The highest BCUT2D eigenvalue weighted by Gasteiger charge is 2.33. The van der Waals surface area contributed by atoms with E-state index in [1.807, 2.05) is 40.1 Å². The van der Waals surface area contributed by atoms with Crippen LogP contribution in [0.1, 0.15) is 84.3 Å². The molecule has 2 amide bonds. The summed E-state index contributed by atoms with van der Waals surface area (Å²) in [5.41, 5.74) is 13.3. The first kappa shape index (κ1) is 37.4. The highest BCUT2D eigenvalue weighted by atomic mass is 35.5. The van der Waals surface area contributed by atoms with Crippen LogP contribution in [0.3, 0.4) is 0 Å². The molecule has 2 fully saturated rings. The Morgan fingerprint density at radius 1 is 0.642 bits per heavy atom. The molecule has 2 saturated heterocycles. The number of carbonyl (C=O) groups excluding carboxylic acids is 2. The second-order valence-corrected chi connectivity index (χ2v) is 15.7. The van der Waals surface area contributed by atoms with Gasteiger partial charge in [0.05, 0.1) is 16.3 Å². The average molecular weight is 792 g/mol. The monoisotopic (exact) mass is 789 g/mol. The molecule has 0 bridgehead atoms. The van der Waals surface area contributed by atoms with Crippen LogP contribution < -0.4 is 4.73 Å². The van der Waals surface area contributed by atoms with E-state index in [2.05, 4.69) is 12.1 Å². The van der Waals surface area contributed by atoms with Gasteiger partial charge in [-0.05, 0) is 110 Å². The number of piperidine rings is 2. The lowest BCUT2D eigenvalue weighted by molar-refractivity contribution is -0.906. The summed E-state index contributed by atoms with van der Waals surface area (Å²) in [4.78, 5) is 31.9. The lowest BCUT2D eigenvalue weighted by Crippen LogP contribution is -2.38. The quantitative estimate of drug-likeness (QED) is 0.143. The Morgan fingerprint density at radius 3 is 1.68 bits per heavy atom. The second kappa shape index (κ2) is 15.8. The third-order valence-electron chi connectivity index (χ3n) is 10.9. The number of aryl methyl sites for hydroxylation is 2. The zero-order valence-electron chi connectivity index (χ0n) is 29.8. The van der Waals surface area contributed by atoms with Crippen LogP contribution in [0.2, 0.25) is 20.1 Å². The summed E-state index contributed by atoms with van der Waals surface area (Å²) >= 11 is 25.5. The van der Waals surface area contributed by atoms with E-state index in [0.29, 0.717) is 23.1 Å². The number of nitrogens with zero attached hydrogens (tertiary/aromatic N) is 4. The van der Waals surface area contributed by atoms with E-state index in [1.165, 1.54) is 32.6 Å². The van der Waals surface area contributed by atoms with Gasteiger partial charge in [0.25, 0.3) is 5.69 Å². The molecule has 2 aliphatic carbocycles. The lowest BCUT2D eigenvalue weighted by atomic mass is 9.88. The van der Waals surface area contributed by atoms with Crippen molar-refractivity contribution in [2.24, 2.45) is 0 Å². The molecule has 274 valence electrons. The van der Waals surface area contributed by atoms with E-state index in [0.717, 1.165) is 114 Å². The first-order chi connectivity index (χ1) is 25.5. The number of halogens is 4. The van der Waals surface area contributed by atoms with Crippen molar-refractivity contribution in [1.82, 2.24) is 14.8 Å². The number of aromatic nitrogens is 2. The van der Waals surface area contributed by atoms with Gasteiger partial charge in [-0.1, -0.05) is 69.7 Å². The van der Waals surface area contributed by atoms with Crippen LogP contribution in [0.4, 0.5) is 0 Å². The zero-order valence-corrected chi connectivity index (χ0v) is 32.8. The lowest BCUT2D eigenvalue weighted by Gasteiger charge is -2.29. The van der Waals surface area contributed by atoms with Crippen molar-refractivity contribution in [2.75, 3.05) is 26.2 Å². The van der Waals surface area contributed by atoms with Crippen molar-refractivity contribution in [3.63, 3.8) is 0 Å². The molecule has 0 atom stereocenters. The van der Waals surface area contributed by atoms with E-state index in [9.17, 15) is 14.8 Å². The van der Waals surface area contributed by atoms with Crippen molar-refractivity contribution in [2.45, 2.75) is 65.2 Å². The smallest absolute Gasteiger partial charge is 0.269 e. The van der Waals surface area contributed by atoms with Gasteiger partial charge in [-0.3, -0.25) is 19.8 Å². The predicted molar refractivity (Wildman–Crippen MR) is 211 cm³/mol. The normalized spacial score (nSPS) is 16.7. The highest BCUT2D eigenvalue weighted by Crippen LogP contribution is 2.41. The molecule has 0 saturated carbocycles. The Balaban J connectivity index is 0.000000164. The molecule has 4 aliphatic rings. The number of rotatable bonds is 0. The number of hydrogen-bond donors (Lipinski definition) is 1. The molecular formula is C42H41Cl4N4O3+. The molecule has 11 heteroatoms. The molecule has 0 unspecified atom stereocenters. The van der Waals surface area contributed by atoms with Crippen molar-refractivity contribution >= 4 is 69.4 Å².